The summed E-state index contributed by atoms with van der Waals surface area (Å²) in [6.45, 7) is 6.62. The van der Waals surface area contributed by atoms with Crippen LogP contribution in [-0.2, 0) is 33.9 Å². The van der Waals surface area contributed by atoms with E-state index >= 15 is 0 Å². The fraction of sp³-hybridized carbons (Fsp3) is 0.480. The highest BCUT2D eigenvalue weighted by Gasteiger charge is 2.32. The Hall–Kier alpha value is -2.58. The van der Waals surface area contributed by atoms with Crippen molar-refractivity contribution < 1.29 is 13.2 Å². The van der Waals surface area contributed by atoms with E-state index in [-0.39, 0.29) is 16.9 Å². The topological polar surface area (TPSA) is 84.4 Å². The molecule has 1 aromatic carbocycles. The molecule has 176 valence electrons. The number of nitrogens with zero attached hydrogens (tertiary/aromatic N) is 2. The van der Waals surface area contributed by atoms with E-state index in [4.69, 9.17) is 4.74 Å². The van der Waals surface area contributed by atoms with Crippen molar-refractivity contribution >= 4 is 26.4 Å². The van der Waals surface area contributed by atoms with Crippen molar-refractivity contribution in [2.45, 2.75) is 44.6 Å². The zero-order chi connectivity index (χ0) is 23.5. The summed E-state index contributed by atoms with van der Waals surface area (Å²) in [6.07, 6.45) is 7.08. The van der Waals surface area contributed by atoms with E-state index in [1.54, 1.807) is 11.6 Å². The second kappa shape index (κ2) is 7.74. The minimum atomic E-state index is -3.17. The Morgan fingerprint density at radius 3 is 2.76 bits per heavy atom. The van der Waals surface area contributed by atoms with Crippen molar-refractivity contribution in [2.24, 2.45) is 13.0 Å². The smallest absolute Gasteiger partial charge is 0.274 e. The summed E-state index contributed by atoms with van der Waals surface area (Å²) in [5.74, 6) is 0.475. The average molecular weight is 470 g/mol. The molecule has 0 aliphatic carbocycles. The SMILES string of the molecule is Cn1cc2c3c(c[nH]c3c1=O)CN(CC1CCOC(C)(C)C1)c1ccc(CS(C)(=O)=O)cc1-2. The van der Waals surface area contributed by atoms with Gasteiger partial charge in [-0.25, -0.2) is 8.42 Å². The third-order valence-electron chi connectivity index (χ3n) is 6.85. The first-order chi connectivity index (χ1) is 15.5. The quantitative estimate of drug-likeness (QED) is 0.631. The number of aryl methyl sites for hydroxylation is 1. The average Bonchev–Trinajstić information content (AvgIpc) is 3.07. The zero-order valence-electron chi connectivity index (χ0n) is 19.6. The Morgan fingerprint density at radius 1 is 1.24 bits per heavy atom. The lowest BCUT2D eigenvalue weighted by atomic mass is 9.87. The van der Waals surface area contributed by atoms with Crippen LogP contribution in [-0.4, -0.2) is 43.0 Å². The van der Waals surface area contributed by atoms with Crippen LogP contribution in [0.25, 0.3) is 22.0 Å². The summed E-state index contributed by atoms with van der Waals surface area (Å²) in [5.41, 5.74) is 5.26. The predicted octanol–water partition coefficient (Wildman–Crippen LogP) is 3.60. The number of rotatable bonds is 4. The Balaban J connectivity index is 1.66. The van der Waals surface area contributed by atoms with E-state index in [9.17, 15) is 13.2 Å². The molecule has 1 atom stereocenters. The zero-order valence-corrected chi connectivity index (χ0v) is 20.5. The van der Waals surface area contributed by atoms with Crippen LogP contribution in [0.15, 0.2) is 35.4 Å². The highest BCUT2D eigenvalue weighted by atomic mass is 32.2. The number of aromatic nitrogens is 2. The minimum absolute atomic E-state index is 0.0106. The van der Waals surface area contributed by atoms with Gasteiger partial charge in [-0.1, -0.05) is 6.07 Å². The minimum Gasteiger partial charge on any atom is -0.376 e. The number of H-pyrrole nitrogens is 1. The number of aromatic amines is 1. The van der Waals surface area contributed by atoms with Crippen LogP contribution < -0.4 is 10.5 Å². The second-order valence-electron chi connectivity index (χ2n) is 10.3. The summed E-state index contributed by atoms with van der Waals surface area (Å²) in [6, 6.07) is 5.95. The number of benzene rings is 1. The maximum Gasteiger partial charge on any atom is 0.274 e. The molecule has 0 spiro atoms. The van der Waals surface area contributed by atoms with Crippen LogP contribution in [0.4, 0.5) is 5.69 Å². The summed E-state index contributed by atoms with van der Waals surface area (Å²) in [7, 11) is -1.41. The molecule has 1 saturated heterocycles. The third kappa shape index (κ3) is 4.22. The van der Waals surface area contributed by atoms with E-state index in [2.05, 4.69) is 23.7 Å². The number of nitrogens with one attached hydrogen (secondary N) is 1. The Morgan fingerprint density at radius 2 is 2.03 bits per heavy atom. The number of hydrogen-bond donors (Lipinski definition) is 1. The van der Waals surface area contributed by atoms with Crippen LogP contribution >= 0.6 is 0 Å². The van der Waals surface area contributed by atoms with Gasteiger partial charge in [0.25, 0.3) is 5.56 Å². The lowest BCUT2D eigenvalue weighted by Crippen LogP contribution is -2.39. The normalized spacial score (nSPS) is 20.0. The molecule has 0 saturated carbocycles. The molecular formula is C25H31N3O4S. The maximum atomic E-state index is 12.8. The molecule has 1 N–H and O–H groups in total. The first-order valence-electron chi connectivity index (χ1n) is 11.4. The Kier molecular flexibility index (Phi) is 5.21. The monoisotopic (exact) mass is 469 g/mol. The van der Waals surface area contributed by atoms with Crippen LogP contribution in [0.2, 0.25) is 0 Å². The largest absolute Gasteiger partial charge is 0.376 e. The van der Waals surface area contributed by atoms with E-state index in [1.807, 2.05) is 30.6 Å². The molecule has 7 nitrogen and oxygen atoms in total. The molecule has 0 radical (unpaired) electrons. The van der Waals surface area contributed by atoms with Gasteiger partial charge in [0.1, 0.15) is 5.52 Å². The molecule has 5 rings (SSSR count). The molecule has 1 fully saturated rings. The highest BCUT2D eigenvalue weighted by molar-refractivity contribution is 7.89. The predicted molar refractivity (Wildman–Crippen MR) is 131 cm³/mol. The lowest BCUT2D eigenvalue weighted by Gasteiger charge is -2.38. The number of anilines is 1. The van der Waals surface area contributed by atoms with E-state index < -0.39 is 9.84 Å². The lowest BCUT2D eigenvalue weighted by molar-refractivity contribution is -0.0708. The molecule has 0 amide bonds. The van der Waals surface area contributed by atoms with Crippen molar-refractivity contribution in [2.75, 3.05) is 24.3 Å². The summed E-state index contributed by atoms with van der Waals surface area (Å²) >= 11 is 0. The van der Waals surface area contributed by atoms with Gasteiger partial charge >= 0.3 is 0 Å². The Bertz CT molecular complexity index is 1400. The maximum absolute atomic E-state index is 12.8. The van der Waals surface area contributed by atoms with Crippen molar-refractivity contribution in [1.82, 2.24) is 9.55 Å². The van der Waals surface area contributed by atoms with Gasteiger partial charge in [-0.3, -0.25) is 4.79 Å². The number of ether oxygens (including phenoxy) is 1. The van der Waals surface area contributed by atoms with Gasteiger partial charge in [0.05, 0.1) is 11.4 Å². The van der Waals surface area contributed by atoms with Crippen molar-refractivity contribution in [3.63, 3.8) is 0 Å². The molecule has 2 aliphatic rings. The molecule has 33 heavy (non-hydrogen) atoms. The number of sulfone groups is 1. The van der Waals surface area contributed by atoms with Crippen LogP contribution in [0.5, 0.6) is 0 Å². The van der Waals surface area contributed by atoms with Crippen LogP contribution in [0.3, 0.4) is 0 Å². The molecule has 0 bridgehead atoms. The molecule has 3 aromatic rings. The molecule has 1 unspecified atom stereocenters. The third-order valence-corrected chi connectivity index (χ3v) is 7.71. The van der Waals surface area contributed by atoms with Crippen LogP contribution in [0, 0.1) is 5.92 Å². The number of pyridine rings is 1. The standard InChI is InChI=1S/C25H31N3O4S/c1-25(2)10-17(7-8-32-25)12-28-13-18-11-26-23-22(18)20(14-27(3)24(23)29)19-9-16(5-6-21(19)28)15-33(4,30)31/h5-6,9,11,14,17,26H,7-8,10,12-13,15H2,1-4H3. The van der Waals surface area contributed by atoms with Gasteiger partial charge in [0.15, 0.2) is 9.84 Å². The van der Waals surface area contributed by atoms with Crippen LogP contribution in [0.1, 0.15) is 37.8 Å². The van der Waals surface area contributed by atoms with E-state index in [1.165, 1.54) is 6.26 Å². The molecular weight excluding hydrogens is 438 g/mol. The second-order valence-corrected chi connectivity index (χ2v) is 12.4. The number of hydrogen-bond acceptors (Lipinski definition) is 5. The Labute approximate surface area is 194 Å². The van der Waals surface area contributed by atoms with Gasteiger partial charge in [-0.2, -0.15) is 0 Å². The van der Waals surface area contributed by atoms with Gasteiger partial charge in [0.2, 0.25) is 0 Å². The fourth-order valence-corrected chi connectivity index (χ4v) is 6.29. The van der Waals surface area contributed by atoms with Gasteiger partial charge in [-0.15, -0.1) is 0 Å². The molecule has 2 aliphatic heterocycles. The number of fused-ring (bicyclic) bond motifs is 2. The highest BCUT2D eigenvalue weighted by Crippen LogP contribution is 2.42. The van der Waals surface area contributed by atoms with Gasteiger partial charge < -0.3 is 19.2 Å². The molecule has 4 heterocycles. The summed E-state index contributed by atoms with van der Waals surface area (Å²) < 4.78 is 31.5. The van der Waals surface area contributed by atoms with Crippen molar-refractivity contribution in [3.05, 3.63) is 52.1 Å². The summed E-state index contributed by atoms with van der Waals surface area (Å²) in [5, 5.41) is 0.936. The van der Waals surface area contributed by atoms with Gasteiger partial charge in [-0.05, 0) is 55.9 Å². The molecule has 2 aromatic heterocycles. The van der Waals surface area contributed by atoms with Crippen molar-refractivity contribution in [3.8, 4) is 11.1 Å². The van der Waals surface area contributed by atoms with Crippen molar-refractivity contribution in [1.29, 1.82) is 0 Å². The van der Waals surface area contributed by atoms with Gasteiger partial charge in [0, 0.05) is 67.6 Å². The first kappa shape index (κ1) is 22.2. The van der Waals surface area contributed by atoms with E-state index in [0.717, 1.165) is 59.3 Å². The fourth-order valence-electron chi connectivity index (χ4n) is 5.51. The first-order valence-corrected chi connectivity index (χ1v) is 13.5. The summed E-state index contributed by atoms with van der Waals surface area (Å²) in [4.78, 5) is 18.4. The van der Waals surface area contributed by atoms with E-state index in [0.29, 0.717) is 18.0 Å². The molecule has 8 heteroatoms.